The number of aromatic nitrogens is 2. The number of hydrogen-bond donors (Lipinski definition) is 3. The molecule has 1 saturated heterocycles. The van der Waals surface area contributed by atoms with Gasteiger partial charge in [0.1, 0.15) is 6.10 Å². The minimum Gasteiger partial charge on any atom is -0.394 e. The fourth-order valence-electron chi connectivity index (χ4n) is 2.07. The van der Waals surface area contributed by atoms with Crippen LogP contribution in [0.4, 0.5) is 4.39 Å². The van der Waals surface area contributed by atoms with Crippen molar-refractivity contribution in [2.75, 3.05) is 13.7 Å². The largest absolute Gasteiger partial charge is 0.394 e. The summed E-state index contributed by atoms with van der Waals surface area (Å²) in [4.78, 5) is 24.5. The van der Waals surface area contributed by atoms with Gasteiger partial charge in [0.05, 0.1) is 12.6 Å². The summed E-state index contributed by atoms with van der Waals surface area (Å²) in [6, 6.07) is 0.400. The lowest BCUT2D eigenvalue weighted by atomic mass is 10.1. The fraction of sp³-hybridized carbons (Fsp3) is 0.600. The molecule has 18 heavy (non-hydrogen) atoms. The van der Waals surface area contributed by atoms with Crippen LogP contribution in [-0.2, 0) is 4.74 Å². The number of aliphatic hydroxyl groups is 1. The molecule has 2 heterocycles. The Morgan fingerprint density at radius 2 is 2.33 bits per heavy atom. The number of hydrogen-bond acceptors (Lipinski definition) is 5. The molecule has 0 aliphatic carbocycles. The smallest absolute Gasteiger partial charge is 0.330 e. The molecule has 0 saturated carbocycles. The maximum Gasteiger partial charge on any atom is 0.330 e. The average Bonchev–Trinajstić information content (AvgIpc) is 2.66. The molecule has 1 aromatic heterocycles. The molecule has 4 atom stereocenters. The number of nitrogens with zero attached hydrogens (tertiary/aromatic N) is 1. The van der Waals surface area contributed by atoms with E-state index in [2.05, 4.69) is 5.32 Å². The SMILES string of the molecule is CNC1C(CO)OC(n2ccc(=O)[nH]c2=O)C1F. The standard InChI is InChI=1S/C10H14FN3O4/c1-12-8-5(4-15)18-9(7(8)11)14-3-2-6(16)13-10(14)17/h2-3,5,7-9,12,15H,4H2,1H3,(H,13,16,17). The highest BCUT2D eigenvalue weighted by Crippen LogP contribution is 2.30. The fourth-order valence-corrected chi connectivity index (χ4v) is 2.07. The zero-order chi connectivity index (χ0) is 13.3. The third-order valence-corrected chi connectivity index (χ3v) is 2.97. The molecule has 1 aromatic rings. The van der Waals surface area contributed by atoms with Gasteiger partial charge in [0.25, 0.3) is 5.56 Å². The van der Waals surface area contributed by atoms with Crippen molar-refractivity contribution in [3.63, 3.8) is 0 Å². The minimum atomic E-state index is -1.50. The molecule has 0 aromatic carbocycles. The average molecular weight is 259 g/mol. The zero-order valence-corrected chi connectivity index (χ0v) is 9.67. The highest BCUT2D eigenvalue weighted by atomic mass is 19.1. The van der Waals surface area contributed by atoms with Crippen LogP contribution in [0.2, 0.25) is 0 Å². The molecule has 100 valence electrons. The Morgan fingerprint density at radius 3 is 2.83 bits per heavy atom. The van der Waals surface area contributed by atoms with E-state index < -0.39 is 35.8 Å². The first kappa shape index (κ1) is 12.9. The van der Waals surface area contributed by atoms with Gasteiger partial charge >= 0.3 is 5.69 Å². The molecule has 1 fully saturated rings. The highest BCUT2D eigenvalue weighted by molar-refractivity contribution is 4.96. The first-order valence-electron chi connectivity index (χ1n) is 5.47. The monoisotopic (exact) mass is 259 g/mol. The van der Waals surface area contributed by atoms with Gasteiger partial charge in [-0.2, -0.15) is 0 Å². The first-order chi connectivity index (χ1) is 8.58. The summed E-state index contributed by atoms with van der Waals surface area (Å²) in [5.41, 5.74) is -1.31. The molecule has 1 aliphatic rings. The number of H-pyrrole nitrogens is 1. The maximum atomic E-state index is 14.1. The van der Waals surface area contributed by atoms with Crippen LogP contribution in [-0.4, -0.2) is 46.6 Å². The molecule has 0 bridgehead atoms. The van der Waals surface area contributed by atoms with E-state index >= 15 is 0 Å². The Balaban J connectivity index is 2.34. The molecule has 8 heteroatoms. The number of ether oxygens (including phenoxy) is 1. The van der Waals surface area contributed by atoms with E-state index in [1.165, 1.54) is 6.20 Å². The summed E-state index contributed by atoms with van der Waals surface area (Å²) in [5, 5.41) is 11.8. The number of rotatable bonds is 3. The van der Waals surface area contributed by atoms with Crippen molar-refractivity contribution in [3.8, 4) is 0 Å². The van der Waals surface area contributed by atoms with E-state index in [1.807, 2.05) is 4.98 Å². The van der Waals surface area contributed by atoms with E-state index in [-0.39, 0.29) is 6.61 Å². The van der Waals surface area contributed by atoms with Crippen LogP contribution in [0.3, 0.4) is 0 Å². The lowest BCUT2D eigenvalue weighted by Gasteiger charge is -2.16. The number of aliphatic hydroxyl groups excluding tert-OH is 1. The van der Waals surface area contributed by atoms with Gasteiger partial charge in [0, 0.05) is 12.3 Å². The van der Waals surface area contributed by atoms with Crippen molar-refractivity contribution in [2.24, 2.45) is 0 Å². The van der Waals surface area contributed by atoms with Crippen LogP contribution in [0.1, 0.15) is 6.23 Å². The van der Waals surface area contributed by atoms with Gasteiger partial charge in [-0.15, -0.1) is 0 Å². The molecule has 4 unspecified atom stereocenters. The van der Waals surface area contributed by atoms with Crippen LogP contribution in [0, 0.1) is 0 Å². The van der Waals surface area contributed by atoms with E-state index in [1.54, 1.807) is 7.05 Å². The molecule has 0 amide bonds. The molecule has 7 nitrogen and oxygen atoms in total. The van der Waals surface area contributed by atoms with Crippen molar-refractivity contribution in [1.82, 2.24) is 14.9 Å². The number of alkyl halides is 1. The van der Waals surface area contributed by atoms with Crippen molar-refractivity contribution in [2.45, 2.75) is 24.5 Å². The summed E-state index contributed by atoms with van der Waals surface area (Å²) in [6.45, 7) is -0.361. The number of aromatic amines is 1. The Bertz CT molecular complexity index is 528. The Kier molecular flexibility index (Phi) is 3.60. The first-order valence-corrected chi connectivity index (χ1v) is 5.47. The second-order valence-electron chi connectivity index (χ2n) is 4.02. The zero-order valence-electron chi connectivity index (χ0n) is 9.67. The van der Waals surface area contributed by atoms with Crippen LogP contribution in [0.25, 0.3) is 0 Å². The lowest BCUT2D eigenvalue weighted by Crippen LogP contribution is -2.42. The molecule has 3 N–H and O–H groups in total. The predicted molar refractivity (Wildman–Crippen MR) is 60.1 cm³/mol. The third-order valence-electron chi connectivity index (χ3n) is 2.97. The summed E-state index contributed by atoms with van der Waals surface area (Å²) in [7, 11) is 1.54. The van der Waals surface area contributed by atoms with Crippen molar-refractivity contribution < 1.29 is 14.2 Å². The number of likely N-dealkylation sites (N-methyl/N-ethyl adjacent to an activating group) is 1. The number of nitrogens with one attached hydrogen (secondary N) is 2. The minimum absolute atomic E-state index is 0.361. The van der Waals surface area contributed by atoms with Crippen LogP contribution in [0.15, 0.2) is 21.9 Å². The summed E-state index contributed by atoms with van der Waals surface area (Å²) in [5.74, 6) is 0. The summed E-state index contributed by atoms with van der Waals surface area (Å²) >= 11 is 0. The number of halogens is 1. The molecular formula is C10H14FN3O4. The topological polar surface area (TPSA) is 96.3 Å². The highest BCUT2D eigenvalue weighted by Gasteiger charge is 2.45. The van der Waals surface area contributed by atoms with Gasteiger partial charge in [-0.05, 0) is 7.05 Å². The van der Waals surface area contributed by atoms with Crippen LogP contribution in [0.5, 0.6) is 0 Å². The molecule has 2 rings (SSSR count). The molecule has 1 aliphatic heterocycles. The van der Waals surface area contributed by atoms with Gasteiger partial charge in [-0.1, -0.05) is 0 Å². The lowest BCUT2D eigenvalue weighted by molar-refractivity contribution is -0.0408. The van der Waals surface area contributed by atoms with Gasteiger partial charge in [-0.3, -0.25) is 14.3 Å². The van der Waals surface area contributed by atoms with Crippen LogP contribution < -0.4 is 16.6 Å². The molecular weight excluding hydrogens is 245 g/mol. The second-order valence-corrected chi connectivity index (χ2v) is 4.02. The Labute approximate surface area is 101 Å². The van der Waals surface area contributed by atoms with E-state index in [4.69, 9.17) is 9.84 Å². The van der Waals surface area contributed by atoms with Gasteiger partial charge in [-0.25, -0.2) is 9.18 Å². The van der Waals surface area contributed by atoms with Gasteiger partial charge in [0.2, 0.25) is 0 Å². The van der Waals surface area contributed by atoms with Gasteiger partial charge < -0.3 is 15.2 Å². The van der Waals surface area contributed by atoms with Crippen LogP contribution >= 0.6 is 0 Å². The van der Waals surface area contributed by atoms with E-state index in [0.717, 1.165) is 10.6 Å². The van der Waals surface area contributed by atoms with Crippen molar-refractivity contribution in [3.05, 3.63) is 33.1 Å². The quantitative estimate of drug-likeness (QED) is 0.604. The molecule has 0 radical (unpaired) electrons. The third kappa shape index (κ3) is 2.09. The predicted octanol–water partition coefficient (Wildman–Crippen LogP) is -1.65. The molecule has 0 spiro atoms. The summed E-state index contributed by atoms with van der Waals surface area (Å²) in [6.07, 6.45) is -2.24. The normalized spacial score (nSPS) is 31.7. The Hall–Kier alpha value is -1.51. The van der Waals surface area contributed by atoms with E-state index in [0.29, 0.717) is 0 Å². The van der Waals surface area contributed by atoms with Gasteiger partial charge in [0.15, 0.2) is 12.4 Å². The van der Waals surface area contributed by atoms with Crippen molar-refractivity contribution >= 4 is 0 Å². The van der Waals surface area contributed by atoms with E-state index in [9.17, 15) is 14.0 Å². The van der Waals surface area contributed by atoms with Crippen molar-refractivity contribution in [1.29, 1.82) is 0 Å². The second kappa shape index (κ2) is 5.01. The Morgan fingerprint density at radius 1 is 1.61 bits per heavy atom. The summed E-state index contributed by atoms with van der Waals surface area (Å²) < 4.78 is 20.4. The maximum absolute atomic E-state index is 14.1.